The second-order valence-corrected chi connectivity index (χ2v) is 9.71. The maximum Gasteiger partial charge on any atom is 0.297 e. The van der Waals surface area contributed by atoms with Crippen LogP contribution in [0.1, 0.15) is 32.8 Å². The molecule has 2 amide bonds. The van der Waals surface area contributed by atoms with Crippen LogP contribution in [0.25, 0.3) is 11.0 Å². The van der Waals surface area contributed by atoms with E-state index < -0.39 is 28.6 Å². The number of hydrogen-bond acceptors (Lipinski definition) is 5. The SMILES string of the molecule is Cc1ccnc(N2C(=O)c3oc4ccc(F)cc4c(=O)c3C23C(=O)N(Cc2ccccc2)c2ccccc23)c1. The lowest BCUT2D eigenvalue weighted by Crippen LogP contribution is -2.54. The minimum atomic E-state index is -1.89. The summed E-state index contributed by atoms with van der Waals surface area (Å²) in [4.78, 5) is 50.4. The molecule has 1 atom stereocenters. The van der Waals surface area contributed by atoms with E-state index in [0.717, 1.165) is 23.3 Å². The van der Waals surface area contributed by atoms with Gasteiger partial charge in [-0.1, -0.05) is 48.5 Å². The van der Waals surface area contributed by atoms with Crippen LogP contribution in [-0.2, 0) is 16.9 Å². The summed E-state index contributed by atoms with van der Waals surface area (Å²) in [5.74, 6) is -1.85. The molecule has 7 nitrogen and oxygen atoms in total. The molecule has 0 saturated carbocycles. The summed E-state index contributed by atoms with van der Waals surface area (Å²) < 4.78 is 20.3. The Hall–Kier alpha value is -5.11. The van der Waals surface area contributed by atoms with Gasteiger partial charge in [-0.25, -0.2) is 9.37 Å². The van der Waals surface area contributed by atoms with Gasteiger partial charge in [-0.2, -0.15) is 0 Å². The summed E-state index contributed by atoms with van der Waals surface area (Å²) in [5.41, 5.74) is 0.0799. The molecular weight excluding hydrogens is 497 g/mol. The normalized spacial score (nSPS) is 17.8. The number of anilines is 2. The standard InChI is InChI=1S/C31H20FN3O4/c1-18-13-14-33-25(15-18)35-29(37)28-26(27(36)21-16-20(32)11-12-24(21)39-28)31(35)22-9-5-6-10-23(22)34(30(31)38)17-19-7-3-2-4-8-19/h2-16H,17H2,1H3. The zero-order valence-electron chi connectivity index (χ0n) is 20.7. The molecule has 190 valence electrons. The summed E-state index contributed by atoms with van der Waals surface area (Å²) in [6.07, 6.45) is 1.54. The molecule has 0 aliphatic carbocycles. The Morgan fingerprint density at radius 1 is 0.923 bits per heavy atom. The quantitative estimate of drug-likeness (QED) is 0.333. The van der Waals surface area contributed by atoms with E-state index in [9.17, 15) is 18.8 Å². The molecule has 0 bridgehead atoms. The van der Waals surface area contributed by atoms with Crippen molar-refractivity contribution in [3.63, 3.8) is 0 Å². The van der Waals surface area contributed by atoms with Crippen LogP contribution in [0.3, 0.4) is 0 Å². The van der Waals surface area contributed by atoms with E-state index in [1.165, 1.54) is 11.0 Å². The van der Waals surface area contributed by atoms with Gasteiger partial charge < -0.3 is 9.32 Å². The highest BCUT2D eigenvalue weighted by Gasteiger charge is 2.66. The molecular formula is C31H20FN3O4. The molecule has 4 heterocycles. The number of fused-ring (bicyclic) bond motifs is 5. The summed E-state index contributed by atoms with van der Waals surface area (Å²) >= 11 is 0. The number of para-hydroxylation sites is 1. The maximum atomic E-state index is 14.8. The first-order valence-electron chi connectivity index (χ1n) is 12.4. The Morgan fingerprint density at radius 3 is 2.49 bits per heavy atom. The van der Waals surface area contributed by atoms with Crippen LogP contribution < -0.4 is 15.2 Å². The van der Waals surface area contributed by atoms with Gasteiger partial charge in [0, 0.05) is 11.8 Å². The van der Waals surface area contributed by atoms with Gasteiger partial charge in [-0.15, -0.1) is 0 Å². The fraction of sp³-hybridized carbons (Fsp3) is 0.0968. The van der Waals surface area contributed by atoms with Gasteiger partial charge in [0.1, 0.15) is 17.2 Å². The molecule has 0 radical (unpaired) electrons. The van der Waals surface area contributed by atoms with Crippen molar-refractivity contribution in [2.45, 2.75) is 19.0 Å². The van der Waals surface area contributed by atoms with E-state index in [2.05, 4.69) is 4.98 Å². The highest BCUT2D eigenvalue weighted by Crippen LogP contribution is 2.54. The summed E-state index contributed by atoms with van der Waals surface area (Å²) in [6, 6.07) is 23.5. The van der Waals surface area contributed by atoms with E-state index in [-0.39, 0.29) is 34.7 Å². The molecule has 3 aromatic carbocycles. The number of hydrogen-bond donors (Lipinski definition) is 0. The molecule has 2 aliphatic rings. The summed E-state index contributed by atoms with van der Waals surface area (Å²) in [5, 5.41) is -0.0493. The van der Waals surface area contributed by atoms with Gasteiger partial charge in [-0.05, 0) is 54.4 Å². The molecule has 7 rings (SSSR count). The first kappa shape index (κ1) is 23.0. The highest BCUT2D eigenvalue weighted by atomic mass is 19.1. The fourth-order valence-electron chi connectivity index (χ4n) is 5.75. The Morgan fingerprint density at radius 2 is 1.69 bits per heavy atom. The van der Waals surface area contributed by atoms with Crippen molar-refractivity contribution in [2.24, 2.45) is 0 Å². The minimum absolute atomic E-state index is 0.0493. The van der Waals surface area contributed by atoms with E-state index >= 15 is 0 Å². The average molecular weight is 518 g/mol. The average Bonchev–Trinajstić information content (AvgIpc) is 3.34. The van der Waals surface area contributed by atoms with E-state index in [0.29, 0.717) is 11.3 Å². The van der Waals surface area contributed by atoms with Crippen molar-refractivity contribution in [1.82, 2.24) is 4.98 Å². The third-order valence-electron chi connectivity index (χ3n) is 7.40. The Kier molecular flexibility index (Phi) is 4.84. The zero-order valence-corrected chi connectivity index (χ0v) is 20.7. The van der Waals surface area contributed by atoms with Gasteiger partial charge >= 0.3 is 0 Å². The van der Waals surface area contributed by atoms with Crippen molar-refractivity contribution in [3.05, 3.63) is 135 Å². The molecule has 5 aromatic rings. The monoisotopic (exact) mass is 517 g/mol. The van der Waals surface area contributed by atoms with Crippen molar-refractivity contribution in [2.75, 3.05) is 9.80 Å². The van der Waals surface area contributed by atoms with Crippen molar-refractivity contribution in [1.29, 1.82) is 0 Å². The maximum absolute atomic E-state index is 14.8. The molecule has 8 heteroatoms. The van der Waals surface area contributed by atoms with Crippen molar-refractivity contribution in [3.8, 4) is 0 Å². The molecule has 0 fully saturated rings. The number of halogens is 1. The van der Waals surface area contributed by atoms with Crippen molar-refractivity contribution >= 4 is 34.3 Å². The Labute approximate surface area is 221 Å². The van der Waals surface area contributed by atoms with E-state index in [1.54, 1.807) is 47.5 Å². The lowest BCUT2D eigenvalue weighted by Gasteiger charge is -2.33. The van der Waals surface area contributed by atoms with Crippen LogP contribution in [0.15, 0.2) is 100 Å². The number of aromatic nitrogens is 1. The first-order chi connectivity index (χ1) is 18.9. The third-order valence-corrected chi connectivity index (χ3v) is 7.40. The Bertz CT molecular complexity index is 1900. The number of pyridine rings is 1. The lowest BCUT2D eigenvalue weighted by atomic mass is 9.84. The van der Waals surface area contributed by atoms with Crippen LogP contribution in [-0.4, -0.2) is 16.8 Å². The molecule has 39 heavy (non-hydrogen) atoms. The molecule has 2 aliphatic heterocycles. The molecule has 0 N–H and O–H groups in total. The second-order valence-electron chi connectivity index (χ2n) is 9.71. The molecule has 2 aromatic heterocycles. The zero-order chi connectivity index (χ0) is 26.9. The number of nitrogens with zero attached hydrogens (tertiary/aromatic N) is 3. The lowest BCUT2D eigenvalue weighted by molar-refractivity contribution is -0.121. The van der Waals surface area contributed by atoms with E-state index in [4.69, 9.17) is 4.42 Å². The number of rotatable bonds is 3. The number of aryl methyl sites for hydroxylation is 1. The molecule has 0 saturated heterocycles. The van der Waals surface area contributed by atoms with Crippen LogP contribution in [0, 0.1) is 12.7 Å². The van der Waals surface area contributed by atoms with Crippen LogP contribution in [0.2, 0.25) is 0 Å². The second kappa shape index (κ2) is 8.19. The fourth-order valence-corrected chi connectivity index (χ4v) is 5.75. The first-order valence-corrected chi connectivity index (χ1v) is 12.4. The Balaban J connectivity index is 1.58. The van der Waals surface area contributed by atoms with Gasteiger partial charge in [0.05, 0.1) is 23.2 Å². The van der Waals surface area contributed by atoms with Gasteiger partial charge in [0.15, 0.2) is 11.0 Å². The van der Waals surface area contributed by atoms with Crippen LogP contribution >= 0.6 is 0 Å². The predicted octanol–water partition coefficient (Wildman–Crippen LogP) is 5.09. The van der Waals surface area contributed by atoms with Crippen LogP contribution in [0.5, 0.6) is 0 Å². The largest absolute Gasteiger partial charge is 0.450 e. The number of carbonyl (C=O) groups is 2. The van der Waals surface area contributed by atoms with Gasteiger partial charge in [0.25, 0.3) is 11.8 Å². The summed E-state index contributed by atoms with van der Waals surface area (Å²) in [7, 11) is 0. The van der Waals surface area contributed by atoms with Gasteiger partial charge in [-0.3, -0.25) is 19.3 Å². The number of amides is 2. The topological polar surface area (TPSA) is 83.7 Å². The minimum Gasteiger partial charge on any atom is -0.450 e. The van der Waals surface area contributed by atoms with E-state index in [1.807, 2.05) is 37.3 Å². The number of carbonyl (C=O) groups excluding carboxylic acids is 2. The molecule has 1 unspecified atom stereocenters. The highest BCUT2D eigenvalue weighted by molar-refractivity contribution is 6.24. The third kappa shape index (κ3) is 3.08. The van der Waals surface area contributed by atoms with Gasteiger partial charge in [0.2, 0.25) is 5.76 Å². The number of benzene rings is 3. The molecule has 1 spiro atoms. The summed E-state index contributed by atoms with van der Waals surface area (Å²) in [6.45, 7) is 2.06. The van der Waals surface area contributed by atoms with Crippen LogP contribution in [0.4, 0.5) is 15.9 Å². The van der Waals surface area contributed by atoms with Crippen molar-refractivity contribution < 1.29 is 18.4 Å². The smallest absolute Gasteiger partial charge is 0.297 e. The predicted molar refractivity (Wildman–Crippen MR) is 143 cm³/mol.